The van der Waals surface area contributed by atoms with Crippen LogP contribution in [0.25, 0.3) is 44.7 Å². The Kier molecular flexibility index (Phi) is 11.6. The van der Waals surface area contributed by atoms with E-state index in [0.29, 0.717) is 0 Å². The summed E-state index contributed by atoms with van der Waals surface area (Å²) in [5.74, 6) is 0. The highest BCUT2D eigenvalue weighted by molar-refractivity contribution is 9.10. The molecule has 0 aliphatic carbocycles. The Morgan fingerprint density at radius 2 is 1.20 bits per heavy atom. The molecule has 3 N–H and O–H groups in total. The van der Waals surface area contributed by atoms with Gasteiger partial charge < -0.3 is 25.1 Å². The summed E-state index contributed by atoms with van der Waals surface area (Å²) in [5.41, 5.74) is 11.3. The first-order valence-electron chi connectivity index (χ1n) is 19.4. The molecule has 2 saturated heterocycles. The van der Waals surface area contributed by atoms with Gasteiger partial charge in [0.1, 0.15) is 0 Å². The largest absolute Gasteiger partial charge is 0.392 e. The van der Waals surface area contributed by atoms with Crippen LogP contribution in [0.3, 0.4) is 0 Å². The smallest absolute Gasteiger partial charge is 0.169 e. The molecular formula is C44H47BrN8O3. The molecule has 2 aliphatic rings. The van der Waals surface area contributed by atoms with Gasteiger partial charge in [-0.05, 0) is 88.0 Å². The first-order chi connectivity index (χ1) is 27.3. The summed E-state index contributed by atoms with van der Waals surface area (Å²) < 4.78 is 4.50. The number of fused-ring (bicyclic) bond motifs is 2. The lowest BCUT2D eigenvalue weighted by molar-refractivity contribution is 0.176. The first-order valence-corrected chi connectivity index (χ1v) is 20.1. The molecule has 56 heavy (non-hydrogen) atoms. The quantitative estimate of drug-likeness (QED) is 0.142. The minimum Gasteiger partial charge on any atom is -0.392 e. The van der Waals surface area contributed by atoms with Crippen molar-refractivity contribution < 1.29 is 15.3 Å². The van der Waals surface area contributed by atoms with E-state index in [9.17, 15) is 15.3 Å². The molecule has 4 aromatic heterocycles. The van der Waals surface area contributed by atoms with Crippen molar-refractivity contribution >= 4 is 27.2 Å². The van der Waals surface area contributed by atoms with E-state index in [1.165, 1.54) is 11.1 Å². The summed E-state index contributed by atoms with van der Waals surface area (Å²) >= 11 is 3.44. The molecule has 0 spiro atoms. The Labute approximate surface area is 335 Å². The number of benzene rings is 3. The molecular weight excluding hydrogens is 768 g/mol. The first kappa shape index (κ1) is 38.1. The van der Waals surface area contributed by atoms with Gasteiger partial charge in [-0.15, -0.1) is 0 Å². The molecule has 0 amide bonds. The minimum atomic E-state index is -0.513. The molecule has 9 rings (SSSR count). The number of hydrogen-bond acceptors (Lipinski definition) is 9. The second-order valence-corrected chi connectivity index (χ2v) is 15.8. The van der Waals surface area contributed by atoms with Crippen LogP contribution in [0.1, 0.15) is 42.6 Å². The lowest BCUT2D eigenvalue weighted by atomic mass is 10.0. The highest BCUT2D eigenvalue weighted by Crippen LogP contribution is 2.28. The standard InChI is InChI=1S/C26H28N4O2.C18H19BrN4O/c1-18(31)21-3-2-4-22(13-21)25-15-28-30-16-23(14-27-26(25)30)20-7-5-19(6-8-20)9-11-29-12-10-24(32)17-29;19-17-10-21-23-11-15(9-20-18(17)23)14-3-1-13(2-4-14)5-7-22-8-6-16(24)12-22/h2-8,13-16,18,24,31-32H,9-12,17H2,1H3;1-4,9-11,16,24H,5-8,12H2. The van der Waals surface area contributed by atoms with Gasteiger partial charge in [0.15, 0.2) is 11.3 Å². The van der Waals surface area contributed by atoms with Crippen LogP contribution in [0.4, 0.5) is 0 Å². The SMILES string of the molecule is CC(O)c1cccc(-c2cnn3cc(-c4ccc(CCN5CCC(O)C5)cc4)cnc23)c1.OC1CCN(CCc2ccc(-c3cnc4c(Br)cnn4c3)cc2)C1. The summed E-state index contributed by atoms with van der Waals surface area (Å²) in [6.07, 6.45) is 14.3. The van der Waals surface area contributed by atoms with Crippen LogP contribution < -0.4 is 0 Å². The van der Waals surface area contributed by atoms with Crippen LogP contribution in [0.5, 0.6) is 0 Å². The van der Waals surface area contributed by atoms with Crippen molar-refractivity contribution in [3.8, 4) is 33.4 Å². The monoisotopic (exact) mass is 814 g/mol. The van der Waals surface area contributed by atoms with Gasteiger partial charge in [0.05, 0.1) is 35.2 Å². The van der Waals surface area contributed by atoms with Crippen molar-refractivity contribution in [3.05, 3.63) is 131 Å². The Balaban J connectivity index is 0.000000164. The number of rotatable bonds is 10. The van der Waals surface area contributed by atoms with Crippen molar-refractivity contribution in [2.75, 3.05) is 39.3 Å². The van der Waals surface area contributed by atoms with E-state index in [1.807, 2.05) is 59.8 Å². The number of aliphatic hydroxyl groups is 3. The molecule has 6 heterocycles. The molecule has 0 bridgehead atoms. The molecule has 0 radical (unpaired) electrons. The second-order valence-electron chi connectivity index (χ2n) is 15.0. The van der Waals surface area contributed by atoms with Crippen LogP contribution >= 0.6 is 15.9 Å². The van der Waals surface area contributed by atoms with Crippen LogP contribution in [0.15, 0.2) is 114 Å². The summed E-state index contributed by atoms with van der Waals surface area (Å²) in [5, 5.41) is 37.9. The number of β-amino-alcohol motifs (C(OH)–C–C–N with tert-alkyl or cyclic N) is 2. The molecule has 3 atom stereocenters. The van der Waals surface area contributed by atoms with E-state index < -0.39 is 6.10 Å². The summed E-state index contributed by atoms with van der Waals surface area (Å²) in [7, 11) is 0. The van der Waals surface area contributed by atoms with E-state index in [1.54, 1.807) is 17.6 Å². The molecule has 3 unspecified atom stereocenters. The van der Waals surface area contributed by atoms with Crippen LogP contribution in [0.2, 0.25) is 0 Å². The summed E-state index contributed by atoms with van der Waals surface area (Å²) in [4.78, 5) is 13.8. The molecule has 7 aromatic rings. The molecule has 2 aliphatic heterocycles. The number of aliphatic hydroxyl groups excluding tert-OH is 3. The third-order valence-electron chi connectivity index (χ3n) is 10.9. The highest BCUT2D eigenvalue weighted by atomic mass is 79.9. The van der Waals surface area contributed by atoms with Gasteiger partial charge in [-0.3, -0.25) is 0 Å². The number of halogens is 1. The number of nitrogens with zero attached hydrogens (tertiary/aromatic N) is 8. The zero-order valence-electron chi connectivity index (χ0n) is 31.5. The van der Waals surface area contributed by atoms with Gasteiger partial charge in [-0.1, -0.05) is 66.7 Å². The van der Waals surface area contributed by atoms with Crippen LogP contribution in [0, 0.1) is 0 Å². The van der Waals surface area contributed by atoms with Crippen molar-refractivity contribution in [1.82, 2.24) is 39.0 Å². The molecule has 12 heteroatoms. The van der Waals surface area contributed by atoms with E-state index in [-0.39, 0.29) is 12.2 Å². The van der Waals surface area contributed by atoms with E-state index in [0.717, 1.165) is 120 Å². The number of likely N-dealkylation sites (tertiary alicyclic amines) is 2. The van der Waals surface area contributed by atoms with E-state index in [4.69, 9.17) is 4.98 Å². The highest BCUT2D eigenvalue weighted by Gasteiger charge is 2.20. The number of hydrogen-bond donors (Lipinski definition) is 3. The molecule has 288 valence electrons. The third kappa shape index (κ3) is 8.91. The topological polar surface area (TPSA) is 128 Å². The lowest BCUT2D eigenvalue weighted by Gasteiger charge is -2.14. The average Bonchev–Trinajstić information content (AvgIpc) is 4.04. The maximum Gasteiger partial charge on any atom is 0.169 e. The second kappa shape index (κ2) is 17.1. The van der Waals surface area contributed by atoms with Gasteiger partial charge >= 0.3 is 0 Å². The van der Waals surface area contributed by atoms with Gasteiger partial charge in [0, 0.05) is 80.7 Å². The lowest BCUT2D eigenvalue weighted by Crippen LogP contribution is -2.24. The van der Waals surface area contributed by atoms with Gasteiger partial charge in [-0.2, -0.15) is 10.2 Å². The zero-order valence-corrected chi connectivity index (χ0v) is 33.1. The number of aromatic nitrogens is 6. The Morgan fingerprint density at radius 3 is 1.73 bits per heavy atom. The molecule has 11 nitrogen and oxygen atoms in total. The van der Waals surface area contributed by atoms with Crippen LogP contribution in [-0.4, -0.2) is 106 Å². The molecule has 0 saturated carbocycles. The average molecular weight is 816 g/mol. The summed E-state index contributed by atoms with van der Waals surface area (Å²) in [6.45, 7) is 7.34. The van der Waals surface area contributed by atoms with Gasteiger partial charge in [0.2, 0.25) is 0 Å². The maximum absolute atomic E-state index is 9.89. The fourth-order valence-corrected chi connectivity index (χ4v) is 7.90. The predicted octanol–water partition coefficient (Wildman–Crippen LogP) is 6.49. The van der Waals surface area contributed by atoms with Gasteiger partial charge in [0.25, 0.3) is 0 Å². The third-order valence-corrected chi connectivity index (χ3v) is 11.4. The fraction of sp³-hybridized carbons (Fsp3) is 0.318. The zero-order chi connectivity index (χ0) is 38.6. The van der Waals surface area contributed by atoms with Gasteiger partial charge in [-0.25, -0.2) is 19.0 Å². The van der Waals surface area contributed by atoms with Crippen LogP contribution in [-0.2, 0) is 12.8 Å². The Hall–Kier alpha value is -4.82. The maximum atomic E-state index is 9.89. The Morgan fingerprint density at radius 1 is 0.661 bits per heavy atom. The van der Waals surface area contributed by atoms with E-state index in [2.05, 4.69) is 89.4 Å². The molecule has 3 aromatic carbocycles. The fourth-order valence-electron chi connectivity index (χ4n) is 7.52. The van der Waals surface area contributed by atoms with E-state index >= 15 is 0 Å². The minimum absolute atomic E-state index is 0.142. The normalized spacial score (nSPS) is 18.1. The van der Waals surface area contributed by atoms with Crippen molar-refractivity contribution in [3.63, 3.8) is 0 Å². The Bertz CT molecular complexity index is 2390. The van der Waals surface area contributed by atoms with Crippen molar-refractivity contribution in [1.29, 1.82) is 0 Å². The van der Waals surface area contributed by atoms with Crippen molar-refractivity contribution in [2.24, 2.45) is 0 Å². The van der Waals surface area contributed by atoms with Crippen molar-refractivity contribution in [2.45, 2.75) is 50.9 Å². The molecule has 2 fully saturated rings. The predicted molar refractivity (Wildman–Crippen MR) is 222 cm³/mol. The summed E-state index contributed by atoms with van der Waals surface area (Å²) in [6, 6.07) is 25.1.